The summed E-state index contributed by atoms with van der Waals surface area (Å²) in [5.41, 5.74) is -0.924. The van der Waals surface area contributed by atoms with E-state index in [0.29, 0.717) is 12.2 Å². The number of rotatable bonds is 7. The maximum atomic E-state index is 12.5. The van der Waals surface area contributed by atoms with E-state index in [2.05, 4.69) is 4.72 Å². The zero-order valence-electron chi connectivity index (χ0n) is 12.1. The van der Waals surface area contributed by atoms with Crippen molar-refractivity contribution in [3.63, 3.8) is 0 Å². The highest BCUT2D eigenvalue weighted by Crippen LogP contribution is 2.29. The Balaban J connectivity index is 3.27. The van der Waals surface area contributed by atoms with Gasteiger partial charge in [-0.05, 0) is 25.5 Å². The Kier molecular flexibility index (Phi) is 5.38. The van der Waals surface area contributed by atoms with Crippen molar-refractivity contribution in [2.24, 2.45) is 0 Å². The monoisotopic (exact) mass is 303 g/mol. The molecule has 0 fully saturated rings. The van der Waals surface area contributed by atoms with Crippen molar-refractivity contribution in [2.75, 3.05) is 20.8 Å². The second-order valence-corrected chi connectivity index (χ2v) is 6.35. The Morgan fingerprint density at radius 2 is 1.95 bits per heavy atom. The number of sulfonamides is 1. The standard InChI is InChI=1S/C13H21NO5S/c1-5-13(2,9-15)14-20(16,17)12-8-10(18-3)6-7-11(12)19-4/h6-8,14-15H,5,9H2,1-4H3. The van der Waals surface area contributed by atoms with Crippen LogP contribution in [0.5, 0.6) is 11.5 Å². The van der Waals surface area contributed by atoms with Gasteiger partial charge >= 0.3 is 0 Å². The lowest BCUT2D eigenvalue weighted by atomic mass is 10.0. The molecule has 1 aromatic carbocycles. The van der Waals surface area contributed by atoms with Gasteiger partial charge in [0.25, 0.3) is 0 Å². The number of aliphatic hydroxyl groups is 1. The molecule has 0 amide bonds. The molecule has 0 saturated heterocycles. The van der Waals surface area contributed by atoms with Crippen LogP contribution in [0, 0.1) is 0 Å². The minimum absolute atomic E-state index is 0.0209. The van der Waals surface area contributed by atoms with Crippen LogP contribution >= 0.6 is 0 Å². The largest absolute Gasteiger partial charge is 0.497 e. The van der Waals surface area contributed by atoms with E-state index in [9.17, 15) is 13.5 Å². The third-order valence-corrected chi connectivity index (χ3v) is 4.83. The van der Waals surface area contributed by atoms with Gasteiger partial charge in [-0.15, -0.1) is 0 Å². The van der Waals surface area contributed by atoms with Gasteiger partial charge < -0.3 is 14.6 Å². The molecule has 20 heavy (non-hydrogen) atoms. The highest BCUT2D eigenvalue weighted by molar-refractivity contribution is 7.89. The molecule has 0 aromatic heterocycles. The number of ether oxygens (including phenoxy) is 2. The molecule has 114 valence electrons. The molecule has 1 rings (SSSR count). The van der Waals surface area contributed by atoms with Crippen LogP contribution in [0.3, 0.4) is 0 Å². The number of benzene rings is 1. The molecule has 6 nitrogen and oxygen atoms in total. The summed E-state index contributed by atoms with van der Waals surface area (Å²) in [6.45, 7) is 3.13. The number of hydrogen-bond donors (Lipinski definition) is 2. The molecular formula is C13H21NO5S. The molecular weight excluding hydrogens is 282 g/mol. The molecule has 0 aliphatic heterocycles. The van der Waals surface area contributed by atoms with Crippen molar-refractivity contribution < 1.29 is 23.0 Å². The van der Waals surface area contributed by atoms with E-state index in [4.69, 9.17) is 9.47 Å². The fourth-order valence-electron chi connectivity index (χ4n) is 1.59. The third kappa shape index (κ3) is 3.62. The van der Waals surface area contributed by atoms with Crippen molar-refractivity contribution >= 4 is 10.0 Å². The Morgan fingerprint density at radius 3 is 2.40 bits per heavy atom. The summed E-state index contributed by atoms with van der Waals surface area (Å²) < 4.78 is 37.5. The molecule has 1 atom stereocenters. The first-order chi connectivity index (χ1) is 9.31. The third-order valence-electron chi connectivity index (χ3n) is 3.17. The Labute approximate surface area is 119 Å². The molecule has 0 saturated carbocycles. The van der Waals surface area contributed by atoms with Crippen LogP contribution in [0.15, 0.2) is 23.1 Å². The number of methoxy groups -OCH3 is 2. The lowest BCUT2D eigenvalue weighted by Crippen LogP contribution is -2.48. The van der Waals surface area contributed by atoms with Crippen molar-refractivity contribution in [3.05, 3.63) is 18.2 Å². The minimum Gasteiger partial charge on any atom is -0.497 e. The summed E-state index contributed by atoms with van der Waals surface area (Å²) in [5, 5.41) is 9.34. The van der Waals surface area contributed by atoms with Crippen LogP contribution in [0.1, 0.15) is 20.3 Å². The zero-order chi connectivity index (χ0) is 15.4. The summed E-state index contributed by atoms with van der Waals surface area (Å²) in [6, 6.07) is 4.52. The van der Waals surface area contributed by atoms with Gasteiger partial charge in [0.2, 0.25) is 10.0 Å². The topological polar surface area (TPSA) is 84.9 Å². The molecule has 0 spiro atoms. The van der Waals surface area contributed by atoms with Crippen LogP contribution in [0.25, 0.3) is 0 Å². The van der Waals surface area contributed by atoms with E-state index in [0.717, 1.165) is 0 Å². The molecule has 0 bridgehead atoms. The molecule has 0 heterocycles. The van der Waals surface area contributed by atoms with Gasteiger partial charge in [-0.25, -0.2) is 13.1 Å². The molecule has 1 aromatic rings. The van der Waals surface area contributed by atoms with Crippen molar-refractivity contribution in [3.8, 4) is 11.5 Å². The molecule has 0 radical (unpaired) electrons. The highest BCUT2D eigenvalue weighted by Gasteiger charge is 2.30. The van der Waals surface area contributed by atoms with Crippen molar-refractivity contribution in [1.29, 1.82) is 0 Å². The minimum atomic E-state index is -3.83. The van der Waals surface area contributed by atoms with Gasteiger partial charge in [-0.2, -0.15) is 0 Å². The smallest absolute Gasteiger partial charge is 0.244 e. The Hall–Kier alpha value is -1.31. The number of aliphatic hydroxyl groups excluding tert-OH is 1. The molecule has 0 aliphatic rings. The van der Waals surface area contributed by atoms with Crippen LogP contribution in [-0.4, -0.2) is 39.9 Å². The summed E-state index contributed by atoms with van der Waals surface area (Å²) in [6.07, 6.45) is 0.453. The maximum Gasteiger partial charge on any atom is 0.244 e. The summed E-state index contributed by atoms with van der Waals surface area (Å²) >= 11 is 0. The van der Waals surface area contributed by atoms with E-state index in [1.165, 1.54) is 26.4 Å². The van der Waals surface area contributed by atoms with Gasteiger partial charge in [0.05, 0.1) is 26.4 Å². The lowest BCUT2D eigenvalue weighted by Gasteiger charge is -2.27. The Morgan fingerprint density at radius 1 is 1.30 bits per heavy atom. The second-order valence-electron chi connectivity index (χ2n) is 4.69. The average molecular weight is 303 g/mol. The summed E-state index contributed by atoms with van der Waals surface area (Å²) in [4.78, 5) is -0.0209. The summed E-state index contributed by atoms with van der Waals surface area (Å²) in [5.74, 6) is 0.628. The van der Waals surface area contributed by atoms with Crippen molar-refractivity contribution in [2.45, 2.75) is 30.7 Å². The van der Waals surface area contributed by atoms with E-state index in [1.807, 2.05) is 0 Å². The van der Waals surface area contributed by atoms with Gasteiger partial charge in [-0.1, -0.05) is 6.92 Å². The average Bonchev–Trinajstić information content (AvgIpc) is 2.45. The molecule has 0 aliphatic carbocycles. The van der Waals surface area contributed by atoms with E-state index in [1.54, 1.807) is 19.9 Å². The van der Waals surface area contributed by atoms with Gasteiger partial charge in [0, 0.05) is 6.07 Å². The Bertz CT molecular complexity index is 552. The highest BCUT2D eigenvalue weighted by atomic mass is 32.2. The van der Waals surface area contributed by atoms with Gasteiger partial charge in [0.1, 0.15) is 16.4 Å². The van der Waals surface area contributed by atoms with Crippen LogP contribution in [0.2, 0.25) is 0 Å². The van der Waals surface area contributed by atoms with Gasteiger partial charge in [-0.3, -0.25) is 0 Å². The first-order valence-corrected chi connectivity index (χ1v) is 7.67. The molecule has 2 N–H and O–H groups in total. The first-order valence-electron chi connectivity index (χ1n) is 6.18. The number of nitrogens with one attached hydrogen (secondary N) is 1. The maximum absolute atomic E-state index is 12.5. The summed E-state index contributed by atoms with van der Waals surface area (Å²) in [7, 11) is -0.984. The van der Waals surface area contributed by atoms with E-state index in [-0.39, 0.29) is 17.3 Å². The second kappa shape index (κ2) is 6.43. The van der Waals surface area contributed by atoms with E-state index >= 15 is 0 Å². The van der Waals surface area contributed by atoms with Crippen LogP contribution in [-0.2, 0) is 10.0 Å². The van der Waals surface area contributed by atoms with Gasteiger partial charge in [0.15, 0.2) is 0 Å². The van der Waals surface area contributed by atoms with Crippen LogP contribution in [0.4, 0.5) is 0 Å². The van der Waals surface area contributed by atoms with E-state index < -0.39 is 15.6 Å². The lowest BCUT2D eigenvalue weighted by molar-refractivity contribution is 0.191. The predicted octanol–water partition coefficient (Wildman–Crippen LogP) is 1.14. The molecule has 7 heteroatoms. The number of hydrogen-bond acceptors (Lipinski definition) is 5. The zero-order valence-corrected chi connectivity index (χ0v) is 13.0. The normalized spacial score (nSPS) is 14.7. The fraction of sp³-hybridized carbons (Fsp3) is 0.538. The predicted molar refractivity (Wildman–Crippen MR) is 75.6 cm³/mol. The fourth-order valence-corrected chi connectivity index (χ4v) is 3.24. The van der Waals surface area contributed by atoms with Crippen LogP contribution < -0.4 is 14.2 Å². The SMILES string of the molecule is CCC(C)(CO)NS(=O)(=O)c1cc(OC)ccc1OC. The molecule has 1 unspecified atom stereocenters. The van der Waals surface area contributed by atoms with Crippen molar-refractivity contribution in [1.82, 2.24) is 4.72 Å². The quantitative estimate of drug-likeness (QED) is 0.789. The first kappa shape index (κ1) is 16.7.